The molecule has 0 saturated carbocycles. The molecule has 10 nitrogen and oxygen atoms in total. The van der Waals surface area contributed by atoms with Gasteiger partial charge in [-0.3, -0.25) is 4.79 Å². The van der Waals surface area contributed by atoms with Crippen molar-refractivity contribution in [3.8, 4) is 0 Å². The highest BCUT2D eigenvalue weighted by Gasteiger charge is 2.60. The Hall–Kier alpha value is -5.09. The average Bonchev–Trinajstić information content (AvgIpc) is 4.01. The number of hydrogen-bond donors (Lipinski definition) is 2. The number of esters is 2. The Balaban J connectivity index is 1.24. The van der Waals surface area contributed by atoms with Crippen molar-refractivity contribution in [3.63, 3.8) is 0 Å². The zero-order valence-electron chi connectivity index (χ0n) is 42.0. The van der Waals surface area contributed by atoms with E-state index in [1.165, 1.54) is 64.7 Å². The molecule has 8 bridgehead atoms. The number of allylic oxidation sites excluding steroid dienone is 12. The van der Waals surface area contributed by atoms with Crippen LogP contribution in [0.4, 0.5) is 0 Å². The Labute approximate surface area is 395 Å². The average molecular weight is 901 g/mol. The van der Waals surface area contributed by atoms with Gasteiger partial charge in [0.2, 0.25) is 0 Å². The smallest absolute Gasteiger partial charge is 0.351 e. The highest BCUT2D eigenvalue weighted by atomic mass is 16.6. The molecule has 0 spiro atoms. The van der Waals surface area contributed by atoms with Crippen molar-refractivity contribution < 1.29 is 28.9 Å². The van der Waals surface area contributed by atoms with Gasteiger partial charge in [-0.25, -0.2) is 19.8 Å². The number of rotatable bonds is 21. The third-order valence-electron chi connectivity index (χ3n) is 14.7. The first-order valence-electron chi connectivity index (χ1n) is 24.6. The quantitative estimate of drug-likeness (QED) is 0.0866. The molecule has 0 unspecified atom stereocenters. The van der Waals surface area contributed by atoms with Crippen molar-refractivity contribution in [1.82, 2.24) is 5.32 Å². The summed E-state index contributed by atoms with van der Waals surface area (Å²) in [5.74, 6) is 0.429. The maximum atomic E-state index is 14.1. The van der Waals surface area contributed by atoms with Crippen molar-refractivity contribution in [2.45, 2.75) is 152 Å². The maximum absolute atomic E-state index is 14.1. The number of nitrogens with zero attached hydrogens (tertiary/aromatic N) is 3. The van der Waals surface area contributed by atoms with E-state index in [-0.39, 0.29) is 36.6 Å². The standard InChI is InChI=1S/C56H76N4O6/c1-14-40-36(8)43-29-45-38(10)42(25-26-49(61)66-28-27-35(7)24-18-23-34(6)22-17-21-33(5)20-16-19-32(3)4)52(59-45)51-53-50(54(62)56(51,65-13)55(63)64-12)39(11)46(60-53)31-48-41(15-2)37(9)44(58-48)30-47(40)57-43/h14,27,29-34,38,42,59,62H,1,15-26,28H2,2-13H3/b35-27+,45-29?,47-30?,48-31?,52-51?/t33-,34-,38+,42+,56-/m1/s1. The van der Waals surface area contributed by atoms with Crippen LogP contribution in [-0.4, -0.2) is 60.6 Å². The summed E-state index contributed by atoms with van der Waals surface area (Å²) >= 11 is 0. The molecular weight excluding hydrogens is 825 g/mol. The summed E-state index contributed by atoms with van der Waals surface area (Å²) in [5.41, 5.74) is 10.3. The number of ether oxygens (including phenoxy) is 3. The number of hydrogen-bond acceptors (Lipinski definition) is 10. The molecule has 66 heavy (non-hydrogen) atoms. The summed E-state index contributed by atoms with van der Waals surface area (Å²) in [4.78, 5) is 43.0. The second-order valence-corrected chi connectivity index (χ2v) is 19.9. The third kappa shape index (κ3) is 10.2. The van der Waals surface area contributed by atoms with Gasteiger partial charge >= 0.3 is 11.9 Å². The van der Waals surface area contributed by atoms with Crippen molar-refractivity contribution in [2.75, 3.05) is 20.8 Å². The minimum atomic E-state index is -2.01. The molecule has 5 heterocycles. The number of carbonyl (C=O) groups excluding carboxylic acids is 2. The van der Waals surface area contributed by atoms with Crippen LogP contribution >= 0.6 is 0 Å². The molecule has 0 aromatic heterocycles. The summed E-state index contributed by atoms with van der Waals surface area (Å²) < 4.78 is 17.3. The number of methoxy groups -OCH3 is 2. The van der Waals surface area contributed by atoms with E-state index in [0.29, 0.717) is 46.2 Å². The SMILES string of the molecule is C=CC1=C(C)C2=NC1=CC1=NC(=CC3=C(C)C4=C(O)[C@@](OC)(C(=O)OC)C(=C5NC(=C2)[C@@H](C)[C@@H]5CCC(=O)OC/C=C(\C)CCC[C@H](C)CCC[C@H](C)CCCC(C)C)C4=N3)C(CC)=C1C. The molecular formula is C56H76N4O6. The first kappa shape index (κ1) is 50.3. The van der Waals surface area contributed by atoms with Crippen molar-refractivity contribution in [1.29, 1.82) is 0 Å². The molecule has 0 amide bonds. The zero-order valence-corrected chi connectivity index (χ0v) is 42.0. The minimum absolute atomic E-state index is 0.131. The van der Waals surface area contributed by atoms with Crippen LogP contribution in [0.25, 0.3) is 0 Å². The predicted molar refractivity (Wildman–Crippen MR) is 268 cm³/mol. The van der Waals surface area contributed by atoms with Gasteiger partial charge in [0.15, 0.2) is 5.76 Å². The third-order valence-corrected chi connectivity index (χ3v) is 14.7. The van der Waals surface area contributed by atoms with E-state index in [9.17, 15) is 14.7 Å². The van der Waals surface area contributed by atoms with Gasteiger partial charge in [-0.2, -0.15) is 0 Å². The van der Waals surface area contributed by atoms with E-state index in [1.807, 2.05) is 44.2 Å². The molecule has 5 aliphatic heterocycles. The molecule has 2 N–H and O–H groups in total. The minimum Gasteiger partial charge on any atom is -0.507 e. The first-order valence-corrected chi connectivity index (χ1v) is 24.6. The fourth-order valence-corrected chi connectivity index (χ4v) is 10.5. The molecule has 1 aliphatic carbocycles. The van der Waals surface area contributed by atoms with Gasteiger partial charge in [0.25, 0.3) is 5.60 Å². The highest BCUT2D eigenvalue weighted by molar-refractivity contribution is 6.26. The number of aliphatic imine (C=N–C) groups is 3. The van der Waals surface area contributed by atoms with Crippen LogP contribution in [0.15, 0.2) is 131 Å². The lowest BCUT2D eigenvalue weighted by atomic mass is 9.83. The van der Waals surface area contributed by atoms with Gasteiger partial charge < -0.3 is 24.6 Å². The van der Waals surface area contributed by atoms with Crippen LogP contribution in [0, 0.1) is 29.6 Å². The monoisotopic (exact) mass is 901 g/mol. The molecule has 0 aromatic rings. The largest absolute Gasteiger partial charge is 0.507 e. The Morgan fingerprint density at radius 3 is 2.17 bits per heavy atom. The molecule has 1 fully saturated rings. The van der Waals surface area contributed by atoms with E-state index in [4.69, 9.17) is 29.2 Å². The molecule has 6 aliphatic rings. The summed E-state index contributed by atoms with van der Waals surface area (Å²) in [6, 6.07) is 0. The Bertz CT molecular complexity index is 2370. The van der Waals surface area contributed by atoms with Gasteiger partial charge in [-0.1, -0.05) is 105 Å². The molecule has 5 atom stereocenters. The lowest BCUT2D eigenvalue weighted by molar-refractivity contribution is -0.159. The van der Waals surface area contributed by atoms with Crippen molar-refractivity contribution in [3.05, 3.63) is 116 Å². The number of aliphatic hydroxyl groups is 1. The summed E-state index contributed by atoms with van der Waals surface area (Å²) in [5, 5.41) is 15.9. The second kappa shape index (κ2) is 21.7. The summed E-state index contributed by atoms with van der Waals surface area (Å²) in [6.45, 7) is 26.1. The lowest BCUT2D eigenvalue weighted by Gasteiger charge is -2.29. The molecule has 0 radical (unpaired) electrons. The Kier molecular flexibility index (Phi) is 16.5. The summed E-state index contributed by atoms with van der Waals surface area (Å²) in [6.07, 6.45) is 22.4. The van der Waals surface area contributed by atoms with Crippen LogP contribution in [-0.2, 0) is 23.8 Å². The second-order valence-electron chi connectivity index (χ2n) is 19.9. The van der Waals surface area contributed by atoms with Gasteiger partial charge in [-0.05, 0) is 118 Å². The Morgan fingerprint density at radius 2 is 1.53 bits per heavy atom. The zero-order chi connectivity index (χ0) is 48.0. The molecule has 10 heteroatoms. The highest BCUT2D eigenvalue weighted by Crippen LogP contribution is 2.52. The Morgan fingerprint density at radius 1 is 0.879 bits per heavy atom. The van der Waals surface area contributed by atoms with Crippen LogP contribution < -0.4 is 5.32 Å². The predicted octanol–water partition coefficient (Wildman–Crippen LogP) is 12.7. The normalized spacial score (nSPS) is 23.6. The van der Waals surface area contributed by atoms with Crippen molar-refractivity contribution in [2.24, 2.45) is 44.6 Å². The van der Waals surface area contributed by atoms with Gasteiger partial charge in [0.1, 0.15) is 6.61 Å². The number of fused-ring (bicyclic) bond motifs is 5. The van der Waals surface area contributed by atoms with Crippen LogP contribution in [0.2, 0.25) is 0 Å². The lowest BCUT2D eigenvalue weighted by Crippen LogP contribution is -2.46. The summed E-state index contributed by atoms with van der Waals surface area (Å²) in [7, 11) is 2.67. The van der Waals surface area contributed by atoms with E-state index in [0.717, 1.165) is 81.9 Å². The molecule has 6 rings (SSSR count). The number of nitrogens with one attached hydrogen (secondary N) is 1. The van der Waals surface area contributed by atoms with E-state index in [1.54, 1.807) is 0 Å². The maximum Gasteiger partial charge on any atom is 0.351 e. The van der Waals surface area contributed by atoms with Gasteiger partial charge in [-0.15, -0.1) is 0 Å². The molecule has 1 saturated heterocycles. The van der Waals surface area contributed by atoms with Crippen LogP contribution in [0.3, 0.4) is 0 Å². The fourth-order valence-electron chi connectivity index (χ4n) is 10.5. The van der Waals surface area contributed by atoms with Gasteiger partial charge in [0.05, 0.1) is 41.3 Å². The number of carbonyl (C=O) groups is 2. The number of aliphatic hydroxyl groups excluding tert-OH is 1. The van der Waals surface area contributed by atoms with Crippen LogP contribution in [0.5, 0.6) is 0 Å². The van der Waals surface area contributed by atoms with Gasteiger partial charge in [0, 0.05) is 53.5 Å². The topological polar surface area (TPSA) is 131 Å². The van der Waals surface area contributed by atoms with Crippen molar-refractivity contribution >= 4 is 29.1 Å². The fraction of sp³-hybridized carbons (Fsp3) is 0.554. The van der Waals surface area contributed by atoms with E-state index < -0.39 is 11.6 Å². The molecule has 0 aromatic carbocycles. The van der Waals surface area contributed by atoms with Crippen LogP contribution in [0.1, 0.15) is 146 Å². The van der Waals surface area contributed by atoms with E-state index in [2.05, 4.69) is 67.3 Å². The van der Waals surface area contributed by atoms with E-state index >= 15 is 0 Å². The first-order chi connectivity index (χ1) is 31.5. The molecule has 356 valence electrons.